The van der Waals surface area contributed by atoms with Crippen LogP contribution < -0.4 is 10.6 Å². The SMILES string of the molecule is OCC1O[C@@H](SCCCOCC(CNC(=S)NCCSCC2O[C@@H]3OCCCCCC2[C@@H](O)C3O)(COCCCS[C@@H]2OC(CO)[C@@H](O[C@@H]3OC(CO)[C@H](O)C(O)[C@@H]3O)C(O)[C@@H]2O)COCCCS[C@@H]2OC(CO)[C@@H](O[C@@H]3OC(CO)[C@H](O)C(O)[C@@H]3O)C(O)[C@@H]2O)[C@@H](O)C(O)[C@@H]1O. The summed E-state index contributed by atoms with van der Waals surface area (Å²) >= 11 is 10.7. The number of aliphatic hydroxyl groups excluding tert-OH is 20. The first kappa shape index (κ1) is 84.1. The van der Waals surface area contributed by atoms with Gasteiger partial charge >= 0.3 is 0 Å². The lowest BCUT2D eigenvalue weighted by Gasteiger charge is -2.46. The Bertz CT molecular complexity index is 2120. The van der Waals surface area contributed by atoms with E-state index in [1.165, 1.54) is 0 Å². The topological polar surface area (TPSA) is 539 Å². The quantitative estimate of drug-likeness (QED) is 0.0203. The largest absolute Gasteiger partial charge is 0.394 e. The fourth-order valence-electron chi connectivity index (χ4n) is 12.1. The van der Waals surface area contributed by atoms with Crippen LogP contribution in [-0.4, -0.2) is 404 Å². The van der Waals surface area contributed by atoms with Gasteiger partial charge in [-0.25, -0.2) is 0 Å². The molecule has 0 aliphatic carbocycles. The number of fused-ring (bicyclic) bond motifs is 7. The van der Waals surface area contributed by atoms with Gasteiger partial charge in [0.05, 0.1) is 70.5 Å². The molecule has 0 aromatic carbocycles. The average molecular weight is 1500 g/mol. The van der Waals surface area contributed by atoms with Crippen molar-refractivity contribution >= 4 is 64.4 Å². The summed E-state index contributed by atoms with van der Waals surface area (Å²) in [6.07, 6.45) is -33.4. The van der Waals surface area contributed by atoms with Gasteiger partial charge in [0.2, 0.25) is 0 Å². The van der Waals surface area contributed by atoms with Crippen molar-refractivity contribution in [2.45, 2.75) is 221 Å². The monoisotopic (exact) mass is 1500 g/mol. The number of hydrogen-bond donors (Lipinski definition) is 22. The molecule has 0 saturated carbocycles. The second kappa shape index (κ2) is 42.2. The lowest BCUT2D eigenvalue weighted by molar-refractivity contribution is -0.338. The molecule has 97 heavy (non-hydrogen) atoms. The molecule has 8 fully saturated rings. The minimum absolute atomic E-state index is 0.00426. The minimum Gasteiger partial charge on any atom is -0.394 e. The van der Waals surface area contributed by atoms with E-state index in [-0.39, 0.29) is 74.8 Å². The highest BCUT2D eigenvalue weighted by atomic mass is 32.2. The maximum Gasteiger partial charge on any atom is 0.187 e. The Hall–Kier alpha value is -0.190. The standard InChI is InChI=1S/C58H104N2O32S5/c61-17-28-35(67)38(70)44(76)52(85-28)91-49-31(20-64)89-55(47(79)41(49)73)96-14-5-10-82-25-58(24-81-9-4-13-95-54-46(78)40(72)37(69)30(19-63)88-54,23-60-57(93)59-8-16-94-22-33-27-7-2-1-3-12-84-51(87-33)43(75)34(27)66)26-83-11-6-15-97-56-48(80)42(74)50(32(21-65)90-56)92-53-45(77)39(71)36(68)29(18-62)86-53/h27-56,61-80H,1-26H2,(H2,59,60,93)/t27?,28?,29?,30?,31?,32?,33?,34-,35+,36+,37-,38?,39?,40?,41?,42?,43?,44+,45+,46+,47+,48+,49-,50-,51+,52+,53+,54+,55+,56+,58?/m1/s1. The van der Waals surface area contributed by atoms with Crippen LogP contribution in [0.25, 0.3) is 0 Å². The molecule has 8 aliphatic heterocycles. The van der Waals surface area contributed by atoms with Crippen LogP contribution in [-0.2, 0) is 56.8 Å². The van der Waals surface area contributed by atoms with Crippen LogP contribution >= 0.6 is 59.3 Å². The van der Waals surface area contributed by atoms with Crippen molar-refractivity contribution < 1.29 is 159 Å². The predicted molar refractivity (Wildman–Crippen MR) is 347 cm³/mol. The number of thioether (sulfide) groups is 4. The molecule has 39 heteroatoms. The Morgan fingerprint density at radius 1 is 0.423 bits per heavy atom. The van der Waals surface area contributed by atoms with Crippen LogP contribution in [0.3, 0.4) is 0 Å². The van der Waals surface area contributed by atoms with Gasteiger partial charge in [-0.15, -0.1) is 35.3 Å². The van der Waals surface area contributed by atoms with Gasteiger partial charge in [-0.2, -0.15) is 11.8 Å². The van der Waals surface area contributed by atoms with Gasteiger partial charge in [0.15, 0.2) is 24.0 Å². The van der Waals surface area contributed by atoms with Gasteiger partial charge in [0.25, 0.3) is 0 Å². The molecular weight excluding hydrogens is 1400 g/mol. The molecule has 568 valence electrons. The molecule has 30 atom stereocenters. The number of thiocarbonyl (C=S) groups is 1. The second-order valence-corrected chi connectivity index (χ2v) is 30.3. The zero-order valence-electron chi connectivity index (χ0n) is 53.6. The van der Waals surface area contributed by atoms with Crippen LogP contribution in [0, 0.1) is 11.3 Å². The first-order valence-electron chi connectivity index (χ1n) is 32.8. The molecular formula is C58H104N2O32S5. The molecule has 0 radical (unpaired) electrons. The van der Waals surface area contributed by atoms with E-state index in [0.29, 0.717) is 56.1 Å². The van der Waals surface area contributed by atoms with Crippen molar-refractivity contribution in [3.05, 3.63) is 0 Å². The maximum atomic E-state index is 11.2. The molecule has 0 aromatic heterocycles. The molecule has 8 aliphatic rings. The molecule has 0 aromatic rings. The Morgan fingerprint density at radius 2 is 0.845 bits per heavy atom. The van der Waals surface area contributed by atoms with Gasteiger partial charge in [0, 0.05) is 56.9 Å². The number of nitrogens with one attached hydrogen (secondary N) is 2. The van der Waals surface area contributed by atoms with Crippen LogP contribution in [0.2, 0.25) is 0 Å². The summed E-state index contributed by atoms with van der Waals surface area (Å²) in [7, 11) is 0. The van der Waals surface area contributed by atoms with Crippen LogP contribution in [0.4, 0.5) is 0 Å². The molecule has 8 saturated heterocycles. The zero-order valence-corrected chi connectivity index (χ0v) is 57.7. The van der Waals surface area contributed by atoms with Crippen molar-refractivity contribution in [1.82, 2.24) is 10.6 Å². The highest BCUT2D eigenvalue weighted by molar-refractivity contribution is 8.00. The Morgan fingerprint density at radius 3 is 1.30 bits per heavy atom. The molecule has 22 N–H and O–H groups in total. The molecule has 8 rings (SSSR count). The first-order valence-corrected chi connectivity index (χ1v) is 37.5. The molecule has 34 nitrogen and oxygen atoms in total. The number of hydrogen-bond acceptors (Lipinski definition) is 37. The summed E-state index contributed by atoms with van der Waals surface area (Å²) in [6.45, 7) is -2.19. The summed E-state index contributed by atoms with van der Waals surface area (Å²) in [6, 6.07) is 0. The number of rotatable bonds is 37. The van der Waals surface area contributed by atoms with Crippen LogP contribution in [0.5, 0.6) is 0 Å². The predicted octanol–water partition coefficient (Wildman–Crippen LogP) is -8.71. The van der Waals surface area contributed by atoms with Crippen molar-refractivity contribution in [3.63, 3.8) is 0 Å². The van der Waals surface area contributed by atoms with Gasteiger partial charge in [-0.05, 0) is 61.6 Å². The van der Waals surface area contributed by atoms with Gasteiger partial charge in [-0.3, -0.25) is 0 Å². The summed E-state index contributed by atoms with van der Waals surface area (Å²) in [5.41, 5.74) is -4.18. The van der Waals surface area contributed by atoms with E-state index in [2.05, 4.69) is 10.6 Å². The molecule has 8 heterocycles. The smallest absolute Gasteiger partial charge is 0.187 e. The summed E-state index contributed by atoms with van der Waals surface area (Å²) in [4.78, 5) is 0. The van der Waals surface area contributed by atoms with Crippen molar-refractivity contribution in [2.24, 2.45) is 11.3 Å². The maximum absolute atomic E-state index is 11.2. The summed E-state index contributed by atoms with van der Waals surface area (Å²) in [5.74, 6) is 1.75. The third kappa shape index (κ3) is 23.2. The second-order valence-electron chi connectivity index (χ2n) is 25.1. The fraction of sp³-hybridized carbons (Fsp3) is 0.983. The Labute approximate surface area is 584 Å². The van der Waals surface area contributed by atoms with Crippen LogP contribution in [0.1, 0.15) is 44.9 Å². The van der Waals surface area contributed by atoms with Crippen molar-refractivity contribution in [3.8, 4) is 0 Å². The van der Waals surface area contributed by atoms with Gasteiger partial charge in [-0.1, -0.05) is 12.8 Å². The van der Waals surface area contributed by atoms with E-state index >= 15 is 0 Å². The highest BCUT2D eigenvalue weighted by Crippen LogP contribution is 2.38. The van der Waals surface area contributed by atoms with Gasteiger partial charge in [0.1, 0.15) is 144 Å². The highest BCUT2D eigenvalue weighted by Gasteiger charge is 2.53. The summed E-state index contributed by atoms with van der Waals surface area (Å²) in [5, 5.41) is 216. The summed E-state index contributed by atoms with van der Waals surface area (Å²) < 4.78 is 70.8. The van der Waals surface area contributed by atoms with Crippen molar-refractivity contribution in [2.75, 3.05) is 121 Å². The molecule has 0 spiro atoms. The molecule has 2 bridgehead atoms. The first-order chi connectivity index (χ1) is 46.5. The number of ether oxygens (including phenoxy) is 12. The Balaban J connectivity index is 0.974. The van der Waals surface area contributed by atoms with E-state index in [1.54, 1.807) is 11.8 Å². The van der Waals surface area contributed by atoms with E-state index in [9.17, 15) is 102 Å². The van der Waals surface area contributed by atoms with Gasteiger partial charge < -0.3 is 170 Å². The average Bonchev–Trinajstić information content (AvgIpc) is 0.815. The third-order valence-corrected chi connectivity index (χ3v) is 23.0. The van der Waals surface area contributed by atoms with Crippen molar-refractivity contribution in [1.29, 1.82) is 0 Å². The fourth-order valence-corrected chi connectivity index (χ4v) is 16.5. The van der Waals surface area contributed by atoms with E-state index < -0.39 is 208 Å². The van der Waals surface area contributed by atoms with E-state index in [0.717, 1.165) is 54.5 Å². The van der Waals surface area contributed by atoms with E-state index in [4.69, 9.17) is 69.1 Å². The third-order valence-electron chi connectivity index (χ3n) is 17.9. The van der Waals surface area contributed by atoms with E-state index in [1.807, 2.05) is 0 Å². The lowest BCUT2D eigenvalue weighted by atomic mass is 9.85. The lowest BCUT2D eigenvalue weighted by Crippen LogP contribution is -2.64. The number of aliphatic hydroxyl groups is 20. The molecule has 13 unspecified atom stereocenters. The normalized spacial score (nSPS) is 42.1. The molecule has 0 amide bonds. The van der Waals surface area contributed by atoms with Crippen LogP contribution in [0.15, 0.2) is 0 Å². The Kier molecular flexibility index (Phi) is 36.6. The zero-order chi connectivity index (χ0) is 70.5. The minimum atomic E-state index is -1.83.